The van der Waals surface area contributed by atoms with Gasteiger partial charge < -0.3 is 9.73 Å². The molecule has 1 aromatic carbocycles. The van der Waals surface area contributed by atoms with Crippen molar-refractivity contribution in [3.05, 3.63) is 64.5 Å². The van der Waals surface area contributed by atoms with E-state index < -0.39 is 4.92 Å². The highest BCUT2D eigenvalue weighted by Crippen LogP contribution is 2.22. The maximum Gasteiger partial charge on any atom is 0.269 e. The Hall–Kier alpha value is -2.89. The van der Waals surface area contributed by atoms with Crippen molar-refractivity contribution in [3.63, 3.8) is 0 Å². The number of nitro benzene ring substituents is 1. The average molecular weight is 269 g/mol. The lowest BCUT2D eigenvalue weighted by Gasteiger charge is -2.06. The number of furan rings is 1. The van der Waals surface area contributed by atoms with Gasteiger partial charge in [0, 0.05) is 24.9 Å². The van der Waals surface area contributed by atoms with Gasteiger partial charge >= 0.3 is 0 Å². The summed E-state index contributed by atoms with van der Waals surface area (Å²) in [6.07, 6.45) is 3.26. The molecule has 6 nitrogen and oxygen atoms in total. The van der Waals surface area contributed by atoms with Gasteiger partial charge in [0.2, 0.25) is 0 Å². The van der Waals surface area contributed by atoms with E-state index in [1.54, 1.807) is 30.7 Å². The largest absolute Gasteiger partial charge is 0.464 e. The summed E-state index contributed by atoms with van der Waals surface area (Å²) in [5.74, 6) is 0.697. The number of hydrogen-bond acceptors (Lipinski definition) is 5. The van der Waals surface area contributed by atoms with E-state index in [0.29, 0.717) is 12.4 Å². The van der Waals surface area contributed by atoms with Gasteiger partial charge in [0.05, 0.1) is 16.6 Å². The Morgan fingerprint density at radius 3 is 3.05 bits per heavy atom. The fourth-order valence-corrected chi connectivity index (χ4v) is 2.00. The molecular weight excluding hydrogens is 258 g/mol. The SMILES string of the molecule is O=[N+]([O-])c1cccc(CNc2nccc3occc23)c1. The quantitative estimate of drug-likeness (QED) is 0.580. The number of hydrogen-bond donors (Lipinski definition) is 1. The summed E-state index contributed by atoms with van der Waals surface area (Å²) in [6, 6.07) is 10.1. The third kappa shape index (κ3) is 2.31. The van der Waals surface area contributed by atoms with E-state index in [1.807, 2.05) is 12.1 Å². The van der Waals surface area contributed by atoms with Gasteiger partial charge in [0.25, 0.3) is 5.69 Å². The predicted octanol–water partition coefficient (Wildman–Crippen LogP) is 3.35. The molecule has 0 aliphatic rings. The Morgan fingerprint density at radius 1 is 1.30 bits per heavy atom. The maximum atomic E-state index is 10.7. The molecule has 0 saturated heterocycles. The molecule has 0 fully saturated rings. The summed E-state index contributed by atoms with van der Waals surface area (Å²) in [5, 5.41) is 14.8. The molecule has 0 amide bonds. The number of non-ortho nitro benzene ring substituents is 1. The highest BCUT2D eigenvalue weighted by Gasteiger charge is 2.07. The second-order valence-electron chi connectivity index (χ2n) is 4.27. The van der Waals surface area contributed by atoms with Gasteiger partial charge in [-0.05, 0) is 17.7 Å². The van der Waals surface area contributed by atoms with Gasteiger partial charge in [-0.3, -0.25) is 10.1 Å². The van der Waals surface area contributed by atoms with Gasteiger partial charge in [0.15, 0.2) is 0 Å². The van der Waals surface area contributed by atoms with Crippen LogP contribution in [0.2, 0.25) is 0 Å². The third-order valence-corrected chi connectivity index (χ3v) is 2.96. The van der Waals surface area contributed by atoms with Gasteiger partial charge in [-0.2, -0.15) is 0 Å². The van der Waals surface area contributed by atoms with Crippen LogP contribution in [0.15, 0.2) is 53.3 Å². The lowest BCUT2D eigenvalue weighted by Crippen LogP contribution is -2.02. The molecule has 3 aromatic rings. The van der Waals surface area contributed by atoms with Gasteiger partial charge in [-0.15, -0.1) is 0 Å². The number of benzene rings is 1. The standard InChI is InChI=1S/C14H11N3O3/c18-17(19)11-3-1-2-10(8-11)9-16-14-12-5-7-20-13(12)4-6-15-14/h1-8H,9H2,(H,15,16). The normalized spacial score (nSPS) is 10.6. The fourth-order valence-electron chi connectivity index (χ4n) is 2.00. The van der Waals surface area contributed by atoms with Crippen LogP contribution in [-0.4, -0.2) is 9.91 Å². The smallest absolute Gasteiger partial charge is 0.269 e. The zero-order valence-electron chi connectivity index (χ0n) is 10.4. The molecule has 0 atom stereocenters. The molecule has 0 spiro atoms. The van der Waals surface area contributed by atoms with E-state index in [2.05, 4.69) is 10.3 Å². The molecule has 6 heteroatoms. The second-order valence-corrected chi connectivity index (χ2v) is 4.27. The van der Waals surface area contributed by atoms with E-state index >= 15 is 0 Å². The number of nitrogens with zero attached hydrogens (tertiary/aromatic N) is 2. The van der Waals surface area contributed by atoms with E-state index in [0.717, 1.165) is 16.5 Å². The molecule has 0 unspecified atom stereocenters. The van der Waals surface area contributed by atoms with Crippen LogP contribution in [-0.2, 0) is 6.54 Å². The van der Waals surface area contributed by atoms with Crippen molar-refractivity contribution >= 4 is 22.5 Å². The first kappa shape index (κ1) is 12.2. The predicted molar refractivity (Wildman–Crippen MR) is 74.4 cm³/mol. The molecule has 100 valence electrons. The molecule has 3 rings (SSSR count). The summed E-state index contributed by atoms with van der Waals surface area (Å²) in [5.41, 5.74) is 1.65. The summed E-state index contributed by atoms with van der Waals surface area (Å²) in [7, 11) is 0. The Kier molecular flexibility index (Phi) is 3.04. The van der Waals surface area contributed by atoms with E-state index in [1.165, 1.54) is 6.07 Å². The highest BCUT2D eigenvalue weighted by molar-refractivity contribution is 5.87. The summed E-state index contributed by atoms with van der Waals surface area (Å²) < 4.78 is 5.29. The van der Waals surface area contributed by atoms with Crippen molar-refractivity contribution in [3.8, 4) is 0 Å². The molecule has 1 N–H and O–H groups in total. The van der Waals surface area contributed by atoms with Crippen LogP contribution in [0, 0.1) is 10.1 Å². The van der Waals surface area contributed by atoms with Crippen molar-refractivity contribution < 1.29 is 9.34 Å². The first-order valence-corrected chi connectivity index (χ1v) is 6.03. The number of rotatable bonds is 4. The topological polar surface area (TPSA) is 81.2 Å². The Balaban J connectivity index is 1.81. The highest BCUT2D eigenvalue weighted by atomic mass is 16.6. The molecule has 0 aliphatic carbocycles. The summed E-state index contributed by atoms with van der Waals surface area (Å²) >= 11 is 0. The number of fused-ring (bicyclic) bond motifs is 1. The monoisotopic (exact) mass is 269 g/mol. The zero-order chi connectivity index (χ0) is 13.9. The van der Waals surface area contributed by atoms with Crippen molar-refractivity contribution in [1.82, 2.24) is 4.98 Å². The minimum Gasteiger partial charge on any atom is -0.464 e. The van der Waals surface area contributed by atoms with Crippen molar-refractivity contribution in [2.75, 3.05) is 5.32 Å². The average Bonchev–Trinajstić information content (AvgIpc) is 2.94. The molecular formula is C14H11N3O3. The number of anilines is 1. The Bertz CT molecular complexity index is 767. The van der Waals surface area contributed by atoms with Gasteiger partial charge in [-0.1, -0.05) is 12.1 Å². The molecule has 0 aliphatic heterocycles. The molecule has 0 saturated carbocycles. The van der Waals surface area contributed by atoms with E-state index in [4.69, 9.17) is 4.42 Å². The molecule has 2 heterocycles. The van der Waals surface area contributed by atoms with Crippen LogP contribution < -0.4 is 5.32 Å². The fraction of sp³-hybridized carbons (Fsp3) is 0.0714. The second kappa shape index (κ2) is 5.00. The van der Waals surface area contributed by atoms with Gasteiger partial charge in [0.1, 0.15) is 11.4 Å². The minimum absolute atomic E-state index is 0.0822. The molecule has 0 bridgehead atoms. The summed E-state index contributed by atoms with van der Waals surface area (Å²) in [6.45, 7) is 0.457. The minimum atomic E-state index is -0.404. The number of nitrogens with one attached hydrogen (secondary N) is 1. The van der Waals surface area contributed by atoms with Crippen LogP contribution in [0.3, 0.4) is 0 Å². The first-order valence-electron chi connectivity index (χ1n) is 6.03. The molecule has 20 heavy (non-hydrogen) atoms. The molecule has 2 aromatic heterocycles. The lowest BCUT2D eigenvalue weighted by atomic mass is 10.2. The van der Waals surface area contributed by atoms with Crippen LogP contribution in [0.4, 0.5) is 11.5 Å². The van der Waals surface area contributed by atoms with Crippen molar-refractivity contribution in [1.29, 1.82) is 0 Å². The first-order chi connectivity index (χ1) is 9.74. The third-order valence-electron chi connectivity index (χ3n) is 2.96. The number of pyridine rings is 1. The van der Waals surface area contributed by atoms with Crippen molar-refractivity contribution in [2.45, 2.75) is 6.54 Å². The van der Waals surface area contributed by atoms with Gasteiger partial charge in [-0.25, -0.2) is 4.98 Å². The summed E-state index contributed by atoms with van der Waals surface area (Å²) in [4.78, 5) is 14.6. The van der Waals surface area contributed by atoms with E-state index in [-0.39, 0.29) is 5.69 Å². The van der Waals surface area contributed by atoms with Crippen LogP contribution >= 0.6 is 0 Å². The molecule has 0 radical (unpaired) electrons. The zero-order valence-corrected chi connectivity index (χ0v) is 10.4. The lowest BCUT2D eigenvalue weighted by molar-refractivity contribution is -0.384. The number of aromatic nitrogens is 1. The van der Waals surface area contributed by atoms with Crippen LogP contribution in [0.1, 0.15) is 5.56 Å². The van der Waals surface area contributed by atoms with E-state index in [9.17, 15) is 10.1 Å². The number of nitro groups is 1. The van der Waals surface area contributed by atoms with Crippen LogP contribution in [0.25, 0.3) is 11.0 Å². The maximum absolute atomic E-state index is 10.7. The Labute approximate surface area is 114 Å². The Morgan fingerprint density at radius 2 is 2.20 bits per heavy atom. The van der Waals surface area contributed by atoms with Crippen LogP contribution in [0.5, 0.6) is 0 Å². The van der Waals surface area contributed by atoms with Crippen molar-refractivity contribution in [2.24, 2.45) is 0 Å².